The van der Waals surface area contributed by atoms with Crippen LogP contribution >= 0.6 is 0 Å². The maximum absolute atomic E-state index is 13.4. The summed E-state index contributed by atoms with van der Waals surface area (Å²) in [4.78, 5) is 21.0. The number of sulfone groups is 1. The third-order valence-electron chi connectivity index (χ3n) is 6.76. The molecule has 9 heteroatoms. The molecule has 1 aliphatic heterocycles. The molecule has 2 heterocycles. The van der Waals surface area contributed by atoms with Gasteiger partial charge in [0, 0.05) is 43.3 Å². The zero-order chi connectivity index (χ0) is 26.6. The van der Waals surface area contributed by atoms with Crippen LogP contribution in [0.4, 0.5) is 0 Å². The van der Waals surface area contributed by atoms with Gasteiger partial charge in [0.2, 0.25) is 0 Å². The fraction of sp³-hybridized carbons (Fsp3) is 0.429. The van der Waals surface area contributed by atoms with Crippen molar-refractivity contribution in [2.45, 2.75) is 44.6 Å². The van der Waals surface area contributed by atoms with Crippen molar-refractivity contribution in [3.05, 3.63) is 59.3 Å². The van der Waals surface area contributed by atoms with Crippen LogP contribution in [0.15, 0.2) is 47.5 Å². The Balaban J connectivity index is 1.37. The van der Waals surface area contributed by atoms with Gasteiger partial charge in [0.15, 0.2) is 9.84 Å². The molecule has 0 atom stereocenters. The fourth-order valence-electron chi connectivity index (χ4n) is 4.69. The zero-order valence-electron chi connectivity index (χ0n) is 21.7. The van der Waals surface area contributed by atoms with Crippen LogP contribution in [0.25, 0.3) is 10.9 Å². The Morgan fingerprint density at radius 1 is 1.14 bits per heavy atom. The first-order valence-corrected chi connectivity index (χ1v) is 14.4. The summed E-state index contributed by atoms with van der Waals surface area (Å²) < 4.78 is 30.7. The van der Waals surface area contributed by atoms with Crippen molar-refractivity contribution >= 4 is 26.6 Å². The van der Waals surface area contributed by atoms with E-state index in [2.05, 4.69) is 16.0 Å². The van der Waals surface area contributed by atoms with Crippen molar-refractivity contribution < 1.29 is 17.9 Å². The van der Waals surface area contributed by atoms with Gasteiger partial charge in [0.25, 0.3) is 5.91 Å². The zero-order valence-corrected chi connectivity index (χ0v) is 22.5. The summed E-state index contributed by atoms with van der Waals surface area (Å²) >= 11 is 0. The van der Waals surface area contributed by atoms with Gasteiger partial charge in [0.1, 0.15) is 5.75 Å². The highest BCUT2D eigenvalue weighted by Crippen LogP contribution is 2.27. The van der Waals surface area contributed by atoms with Crippen LogP contribution in [0.1, 0.15) is 48.7 Å². The molecule has 0 bridgehead atoms. The van der Waals surface area contributed by atoms with E-state index in [1.165, 1.54) is 17.7 Å². The van der Waals surface area contributed by atoms with Crippen LogP contribution < -0.4 is 4.74 Å². The average Bonchev–Trinajstić information content (AvgIpc) is 3.30. The number of piperazine rings is 1. The number of nitrogens with one attached hydrogen (secondary N) is 1. The summed E-state index contributed by atoms with van der Waals surface area (Å²) in [5.41, 5.74) is 3.21. The third-order valence-corrected chi connectivity index (χ3v) is 8.49. The molecule has 196 valence electrons. The van der Waals surface area contributed by atoms with Crippen molar-refractivity contribution in [2.75, 3.05) is 38.5 Å². The second-order valence-corrected chi connectivity index (χ2v) is 11.9. The number of rotatable bonds is 9. The predicted molar refractivity (Wildman–Crippen MR) is 144 cm³/mol. The van der Waals surface area contributed by atoms with Crippen molar-refractivity contribution in [3.63, 3.8) is 0 Å². The first-order valence-electron chi connectivity index (χ1n) is 12.8. The molecule has 0 aliphatic carbocycles. The van der Waals surface area contributed by atoms with Crippen LogP contribution in [-0.2, 0) is 16.3 Å². The first-order chi connectivity index (χ1) is 17.7. The van der Waals surface area contributed by atoms with Crippen molar-refractivity contribution in [1.82, 2.24) is 14.8 Å². The maximum Gasteiger partial charge on any atom is 0.257 e. The highest BCUT2D eigenvalue weighted by atomic mass is 32.2. The van der Waals surface area contributed by atoms with Crippen molar-refractivity contribution in [2.24, 2.45) is 0 Å². The van der Waals surface area contributed by atoms with Crippen molar-refractivity contribution in [1.29, 1.82) is 5.26 Å². The minimum atomic E-state index is -3.44. The lowest BCUT2D eigenvalue weighted by Crippen LogP contribution is -2.49. The van der Waals surface area contributed by atoms with Gasteiger partial charge in [-0.05, 0) is 75.2 Å². The number of carbonyl (C=O) groups is 1. The van der Waals surface area contributed by atoms with E-state index in [1.54, 1.807) is 17.9 Å². The standard InChI is InChI=1S/C28H34N4O4S/c1-4-37(34,35)23-8-10-27(36-20(2)3)25(17-23)28(33)32-14-12-31(13-15-32)11-5-6-22-19-30-26-9-7-21(18-29)16-24(22)26/h7-10,16-17,19-20,30H,4-6,11-15H2,1-3H3. The molecule has 0 spiro atoms. The summed E-state index contributed by atoms with van der Waals surface area (Å²) in [5.74, 6) is 0.188. The number of aromatic nitrogens is 1. The number of nitrogens with zero attached hydrogens (tertiary/aromatic N) is 3. The second kappa shape index (κ2) is 11.4. The van der Waals surface area contributed by atoms with Gasteiger partial charge in [0.05, 0.1) is 33.9 Å². The lowest BCUT2D eigenvalue weighted by Gasteiger charge is -2.35. The highest BCUT2D eigenvalue weighted by Gasteiger charge is 2.26. The monoisotopic (exact) mass is 522 g/mol. The van der Waals surface area contributed by atoms with Gasteiger partial charge in [-0.15, -0.1) is 0 Å². The summed E-state index contributed by atoms with van der Waals surface area (Å²) in [6, 6.07) is 12.5. The lowest BCUT2D eigenvalue weighted by molar-refractivity contribution is 0.0630. The number of hydrogen-bond donors (Lipinski definition) is 1. The Hall–Kier alpha value is -3.35. The van der Waals surface area contributed by atoms with E-state index in [9.17, 15) is 18.5 Å². The van der Waals surface area contributed by atoms with Gasteiger partial charge in [-0.3, -0.25) is 9.69 Å². The smallest absolute Gasteiger partial charge is 0.257 e. The molecule has 1 fully saturated rings. The number of amides is 1. The number of fused-ring (bicyclic) bond motifs is 1. The number of aryl methyl sites for hydroxylation is 1. The molecule has 0 radical (unpaired) electrons. The van der Waals surface area contributed by atoms with Gasteiger partial charge >= 0.3 is 0 Å². The average molecular weight is 523 g/mol. The molecule has 1 N–H and O–H groups in total. The molecule has 0 saturated carbocycles. The van der Waals surface area contributed by atoms with Crippen LogP contribution in [0.3, 0.4) is 0 Å². The second-order valence-electron chi connectivity index (χ2n) is 9.65. The largest absolute Gasteiger partial charge is 0.490 e. The molecule has 1 amide bonds. The van der Waals surface area contributed by atoms with E-state index in [0.717, 1.165) is 43.4 Å². The quantitative estimate of drug-likeness (QED) is 0.455. The lowest BCUT2D eigenvalue weighted by atomic mass is 10.1. The number of carbonyl (C=O) groups excluding carboxylic acids is 1. The van der Waals surface area contributed by atoms with Gasteiger partial charge in [-0.25, -0.2) is 8.42 Å². The maximum atomic E-state index is 13.4. The molecule has 0 unspecified atom stereocenters. The Bertz CT molecular complexity index is 1410. The third kappa shape index (κ3) is 6.14. The Kier molecular flexibility index (Phi) is 8.20. The molecule has 8 nitrogen and oxygen atoms in total. The Morgan fingerprint density at radius 2 is 1.89 bits per heavy atom. The highest BCUT2D eigenvalue weighted by molar-refractivity contribution is 7.91. The van der Waals surface area contributed by atoms with E-state index in [0.29, 0.717) is 30.0 Å². The minimum Gasteiger partial charge on any atom is -0.490 e. The first kappa shape index (κ1) is 26.7. The molecule has 1 saturated heterocycles. The molecule has 1 aliphatic rings. The van der Waals surface area contributed by atoms with Crippen LogP contribution in [0.2, 0.25) is 0 Å². The number of benzene rings is 2. The summed E-state index contributed by atoms with van der Waals surface area (Å²) in [5, 5.41) is 10.3. The topological polar surface area (TPSA) is 106 Å². The molecule has 3 aromatic rings. The molecular weight excluding hydrogens is 488 g/mol. The molecule has 1 aromatic heterocycles. The SMILES string of the molecule is CCS(=O)(=O)c1ccc(OC(C)C)c(C(=O)N2CCN(CCCc3c[nH]c4ccc(C#N)cc34)CC2)c1. The van der Waals surface area contributed by atoms with Gasteiger partial charge < -0.3 is 14.6 Å². The van der Waals surface area contributed by atoms with Gasteiger partial charge in [-0.2, -0.15) is 5.26 Å². The van der Waals surface area contributed by atoms with E-state index in [4.69, 9.17) is 4.74 Å². The van der Waals surface area contributed by atoms with Gasteiger partial charge in [-0.1, -0.05) is 6.92 Å². The number of aromatic amines is 1. The number of H-pyrrole nitrogens is 1. The number of hydrogen-bond acceptors (Lipinski definition) is 6. The Labute approximate surface area is 218 Å². The molecule has 4 rings (SSSR count). The fourth-order valence-corrected chi connectivity index (χ4v) is 5.59. The van der Waals surface area contributed by atoms with E-state index >= 15 is 0 Å². The minimum absolute atomic E-state index is 0.0261. The van der Waals surface area contributed by atoms with Crippen molar-refractivity contribution in [3.8, 4) is 11.8 Å². The van der Waals surface area contributed by atoms with E-state index in [-0.39, 0.29) is 22.7 Å². The summed E-state index contributed by atoms with van der Waals surface area (Å²) in [6.07, 6.45) is 3.76. The molecule has 2 aromatic carbocycles. The number of ether oxygens (including phenoxy) is 1. The molecule has 37 heavy (non-hydrogen) atoms. The predicted octanol–water partition coefficient (Wildman–Crippen LogP) is 4.01. The Morgan fingerprint density at radius 3 is 2.57 bits per heavy atom. The number of nitriles is 1. The molecular formula is C28H34N4O4S. The normalized spacial score (nSPS) is 14.7. The van der Waals surface area contributed by atoms with Crippen LogP contribution in [0, 0.1) is 11.3 Å². The summed E-state index contributed by atoms with van der Waals surface area (Å²) in [6.45, 7) is 8.92. The summed E-state index contributed by atoms with van der Waals surface area (Å²) in [7, 11) is -3.44. The van der Waals surface area contributed by atoms with E-state index < -0.39 is 9.84 Å². The van der Waals surface area contributed by atoms with Crippen LogP contribution in [0.5, 0.6) is 5.75 Å². The van der Waals surface area contributed by atoms with E-state index in [1.807, 2.05) is 38.2 Å². The van der Waals surface area contributed by atoms with Crippen LogP contribution in [-0.4, -0.2) is 73.7 Å².